The number of carbonyl (C=O) groups excluding carboxylic acids is 1. The van der Waals surface area contributed by atoms with E-state index in [9.17, 15) is 4.79 Å². The Labute approximate surface area is 132 Å². The maximum atomic E-state index is 11.6. The molecule has 0 N–H and O–H groups in total. The molecule has 0 unspecified atom stereocenters. The van der Waals surface area contributed by atoms with Gasteiger partial charge in [-0.3, -0.25) is 0 Å². The van der Waals surface area contributed by atoms with Crippen LogP contribution in [-0.4, -0.2) is 13.1 Å². The monoisotopic (exact) mass is 294 g/mol. The molecule has 0 amide bonds. The van der Waals surface area contributed by atoms with Crippen molar-refractivity contribution in [2.45, 2.75) is 32.1 Å². The summed E-state index contributed by atoms with van der Waals surface area (Å²) in [6.45, 7) is 4.60. The summed E-state index contributed by atoms with van der Waals surface area (Å²) >= 11 is 0. The summed E-state index contributed by atoms with van der Waals surface area (Å²) < 4.78 is 4.76. The number of hydrogen-bond donors (Lipinski definition) is 0. The molecule has 0 saturated carbocycles. The van der Waals surface area contributed by atoms with E-state index >= 15 is 0 Å². The van der Waals surface area contributed by atoms with Crippen molar-refractivity contribution in [2.75, 3.05) is 7.11 Å². The Bertz CT molecular complexity index is 658. The van der Waals surface area contributed by atoms with Gasteiger partial charge in [-0.15, -0.1) is 0 Å². The lowest BCUT2D eigenvalue weighted by atomic mass is 9.72. The average molecular weight is 294 g/mol. The van der Waals surface area contributed by atoms with Crippen molar-refractivity contribution >= 4 is 5.97 Å². The number of methoxy groups -OCH3 is 1. The molecular weight excluding hydrogens is 272 g/mol. The molecule has 2 aromatic carbocycles. The molecule has 22 heavy (non-hydrogen) atoms. The van der Waals surface area contributed by atoms with Crippen LogP contribution in [0.1, 0.15) is 40.9 Å². The maximum absolute atomic E-state index is 11.6. The van der Waals surface area contributed by atoms with Crippen molar-refractivity contribution in [3.63, 3.8) is 0 Å². The van der Waals surface area contributed by atoms with Crippen LogP contribution in [-0.2, 0) is 23.0 Å². The second kappa shape index (κ2) is 5.60. The van der Waals surface area contributed by atoms with Crippen LogP contribution in [0.5, 0.6) is 0 Å². The highest BCUT2D eigenvalue weighted by Gasteiger charge is 2.35. The van der Waals surface area contributed by atoms with Gasteiger partial charge in [0.1, 0.15) is 0 Å². The number of esters is 1. The molecule has 2 nitrogen and oxygen atoms in total. The molecule has 0 radical (unpaired) electrons. The fraction of sp³-hybridized carbons (Fsp3) is 0.350. The van der Waals surface area contributed by atoms with E-state index in [-0.39, 0.29) is 11.4 Å². The third kappa shape index (κ3) is 2.54. The summed E-state index contributed by atoms with van der Waals surface area (Å²) in [5, 5.41) is 0. The number of hydrogen-bond acceptors (Lipinski definition) is 2. The van der Waals surface area contributed by atoms with Crippen LogP contribution in [0.3, 0.4) is 0 Å². The third-order valence-electron chi connectivity index (χ3n) is 5.12. The lowest BCUT2D eigenvalue weighted by Crippen LogP contribution is -2.29. The fourth-order valence-corrected chi connectivity index (χ4v) is 3.46. The van der Waals surface area contributed by atoms with Crippen LogP contribution < -0.4 is 0 Å². The van der Waals surface area contributed by atoms with Gasteiger partial charge in [0.15, 0.2) is 0 Å². The molecule has 2 aromatic rings. The summed E-state index contributed by atoms with van der Waals surface area (Å²) in [5.74, 6) is 0.312. The molecule has 0 bridgehead atoms. The van der Waals surface area contributed by atoms with E-state index in [0.29, 0.717) is 11.5 Å². The van der Waals surface area contributed by atoms with Gasteiger partial charge < -0.3 is 4.74 Å². The predicted octanol–water partition coefficient (Wildman–Crippen LogP) is 4.17. The zero-order valence-corrected chi connectivity index (χ0v) is 13.4. The van der Waals surface area contributed by atoms with E-state index < -0.39 is 0 Å². The summed E-state index contributed by atoms with van der Waals surface area (Å²) in [4.78, 5) is 11.6. The van der Waals surface area contributed by atoms with Crippen molar-refractivity contribution in [3.8, 4) is 0 Å². The van der Waals surface area contributed by atoms with E-state index in [1.807, 2.05) is 12.1 Å². The van der Waals surface area contributed by atoms with Crippen LogP contribution in [0.2, 0.25) is 0 Å². The van der Waals surface area contributed by atoms with Gasteiger partial charge in [-0.05, 0) is 53.0 Å². The standard InChI is InChI=1S/C20H22O2/c1-20(2,17-10-8-14(9-11-17)19(21)22-3)18-12-15-6-4-5-7-16(15)13-18/h4-11,18H,12-13H2,1-3H3. The van der Waals surface area contributed by atoms with Gasteiger partial charge in [0.05, 0.1) is 12.7 Å². The summed E-state index contributed by atoms with van der Waals surface area (Å²) in [5.41, 5.74) is 4.92. The Balaban J connectivity index is 1.83. The SMILES string of the molecule is COC(=O)c1ccc(C(C)(C)C2Cc3ccccc3C2)cc1. The zero-order chi connectivity index (χ0) is 15.7. The smallest absolute Gasteiger partial charge is 0.337 e. The Kier molecular flexibility index (Phi) is 3.78. The summed E-state index contributed by atoms with van der Waals surface area (Å²) in [6.07, 6.45) is 2.25. The zero-order valence-electron chi connectivity index (χ0n) is 13.4. The minimum Gasteiger partial charge on any atom is -0.465 e. The quantitative estimate of drug-likeness (QED) is 0.794. The van der Waals surface area contributed by atoms with E-state index in [2.05, 4.69) is 50.2 Å². The second-order valence-corrected chi connectivity index (χ2v) is 6.66. The first-order valence-corrected chi connectivity index (χ1v) is 7.78. The normalized spacial score (nSPS) is 14.7. The molecule has 2 heteroatoms. The van der Waals surface area contributed by atoms with Gasteiger partial charge in [0, 0.05) is 0 Å². The van der Waals surface area contributed by atoms with E-state index in [4.69, 9.17) is 4.74 Å². The minimum atomic E-state index is -0.280. The molecule has 1 aliphatic carbocycles. The Morgan fingerprint density at radius 2 is 1.55 bits per heavy atom. The van der Waals surface area contributed by atoms with E-state index in [0.717, 1.165) is 12.8 Å². The minimum absolute atomic E-state index is 0.0771. The number of carbonyl (C=O) groups is 1. The number of fused-ring (bicyclic) bond motifs is 1. The number of benzene rings is 2. The molecular formula is C20H22O2. The van der Waals surface area contributed by atoms with Gasteiger partial charge in [0.2, 0.25) is 0 Å². The van der Waals surface area contributed by atoms with Crippen LogP contribution >= 0.6 is 0 Å². The Morgan fingerprint density at radius 3 is 2.05 bits per heavy atom. The highest BCUT2D eigenvalue weighted by molar-refractivity contribution is 5.89. The van der Waals surface area contributed by atoms with Gasteiger partial charge in [-0.1, -0.05) is 50.2 Å². The van der Waals surface area contributed by atoms with Crippen molar-refractivity contribution in [3.05, 3.63) is 70.8 Å². The van der Waals surface area contributed by atoms with Gasteiger partial charge >= 0.3 is 5.97 Å². The lowest BCUT2D eigenvalue weighted by molar-refractivity contribution is 0.0600. The van der Waals surface area contributed by atoms with Crippen LogP contribution in [0.4, 0.5) is 0 Å². The molecule has 3 rings (SSSR count). The van der Waals surface area contributed by atoms with Crippen molar-refractivity contribution in [1.29, 1.82) is 0 Å². The molecule has 0 heterocycles. The molecule has 114 valence electrons. The van der Waals surface area contributed by atoms with Gasteiger partial charge in [-0.25, -0.2) is 4.79 Å². The molecule has 0 saturated heterocycles. The molecule has 0 fully saturated rings. The van der Waals surface area contributed by atoms with E-state index in [1.165, 1.54) is 23.8 Å². The van der Waals surface area contributed by atoms with Gasteiger partial charge in [-0.2, -0.15) is 0 Å². The second-order valence-electron chi connectivity index (χ2n) is 6.66. The predicted molar refractivity (Wildman–Crippen MR) is 88.1 cm³/mol. The first-order valence-electron chi connectivity index (χ1n) is 7.78. The first kappa shape index (κ1) is 14.8. The highest BCUT2D eigenvalue weighted by Crippen LogP contribution is 2.40. The average Bonchev–Trinajstić information content (AvgIpc) is 2.99. The maximum Gasteiger partial charge on any atom is 0.337 e. The first-order chi connectivity index (χ1) is 10.5. The summed E-state index contributed by atoms with van der Waals surface area (Å²) in [6, 6.07) is 16.6. The van der Waals surface area contributed by atoms with Crippen LogP contribution in [0, 0.1) is 5.92 Å². The van der Waals surface area contributed by atoms with E-state index in [1.54, 1.807) is 0 Å². The molecule has 1 aliphatic rings. The van der Waals surface area contributed by atoms with Crippen LogP contribution in [0.25, 0.3) is 0 Å². The van der Waals surface area contributed by atoms with Crippen molar-refractivity contribution in [1.82, 2.24) is 0 Å². The highest BCUT2D eigenvalue weighted by atomic mass is 16.5. The Hall–Kier alpha value is -2.09. The van der Waals surface area contributed by atoms with Crippen molar-refractivity contribution in [2.24, 2.45) is 5.92 Å². The molecule has 0 aliphatic heterocycles. The number of ether oxygens (including phenoxy) is 1. The summed E-state index contributed by atoms with van der Waals surface area (Å²) in [7, 11) is 1.41. The Morgan fingerprint density at radius 1 is 1.00 bits per heavy atom. The molecule has 0 spiro atoms. The third-order valence-corrected chi connectivity index (χ3v) is 5.12. The fourth-order valence-electron chi connectivity index (χ4n) is 3.46. The lowest BCUT2D eigenvalue weighted by Gasteiger charge is -2.32. The largest absolute Gasteiger partial charge is 0.465 e. The van der Waals surface area contributed by atoms with Crippen LogP contribution in [0.15, 0.2) is 48.5 Å². The van der Waals surface area contributed by atoms with Crippen molar-refractivity contribution < 1.29 is 9.53 Å². The topological polar surface area (TPSA) is 26.3 Å². The molecule has 0 aromatic heterocycles. The molecule has 0 atom stereocenters. The number of rotatable bonds is 3. The van der Waals surface area contributed by atoms with Gasteiger partial charge in [0.25, 0.3) is 0 Å².